The van der Waals surface area contributed by atoms with Crippen molar-refractivity contribution in [2.24, 2.45) is 0 Å². The van der Waals surface area contributed by atoms with Crippen molar-refractivity contribution in [2.75, 3.05) is 33.4 Å². The summed E-state index contributed by atoms with van der Waals surface area (Å²) in [6.45, 7) is 3.73. The smallest absolute Gasteiger partial charge is 0.231 e. The fourth-order valence-electron chi connectivity index (χ4n) is 3.85. The molecule has 5 rings (SSSR count). The zero-order valence-electron chi connectivity index (χ0n) is 16.1. The first-order valence-corrected chi connectivity index (χ1v) is 9.61. The molecule has 29 heavy (non-hydrogen) atoms. The normalized spacial score (nSPS) is 18.2. The highest BCUT2D eigenvalue weighted by atomic mass is 16.5. The van der Waals surface area contributed by atoms with Crippen molar-refractivity contribution in [3.8, 4) is 11.5 Å². The van der Waals surface area contributed by atoms with Crippen LogP contribution < -0.4 is 9.47 Å². The molecule has 0 radical (unpaired) electrons. The van der Waals surface area contributed by atoms with Crippen molar-refractivity contribution in [3.63, 3.8) is 0 Å². The summed E-state index contributed by atoms with van der Waals surface area (Å²) in [5.41, 5.74) is 3.10. The van der Waals surface area contributed by atoms with E-state index in [4.69, 9.17) is 14.2 Å². The molecule has 0 unspecified atom stereocenters. The number of hydrogen-bond acceptors (Lipinski definition) is 6. The first-order valence-electron chi connectivity index (χ1n) is 9.61. The Morgan fingerprint density at radius 3 is 2.97 bits per heavy atom. The number of allylic oxidation sites excluding steroid dienone is 1. The average molecular weight is 391 g/mol. The molecular weight excluding hydrogens is 370 g/mol. The summed E-state index contributed by atoms with van der Waals surface area (Å²) in [6.07, 6.45) is 5.33. The van der Waals surface area contributed by atoms with Gasteiger partial charge < -0.3 is 19.2 Å². The van der Waals surface area contributed by atoms with Gasteiger partial charge in [0.1, 0.15) is 17.1 Å². The maximum atomic E-state index is 13.0. The third-order valence-corrected chi connectivity index (χ3v) is 5.37. The van der Waals surface area contributed by atoms with Crippen molar-refractivity contribution in [1.82, 2.24) is 14.9 Å². The van der Waals surface area contributed by atoms with Crippen LogP contribution in [0.15, 0.2) is 42.4 Å². The number of ether oxygens (including phenoxy) is 3. The fourth-order valence-corrected chi connectivity index (χ4v) is 3.85. The monoisotopic (exact) mass is 391 g/mol. The molecule has 7 nitrogen and oxygen atoms in total. The number of carbonyl (C=O) groups excluding carboxylic acids is 1. The molecule has 1 fully saturated rings. The highest BCUT2D eigenvalue weighted by Crippen LogP contribution is 2.40. The molecule has 2 aliphatic rings. The Morgan fingerprint density at radius 1 is 1.28 bits per heavy atom. The number of nitrogens with one attached hydrogen (secondary N) is 1. The Kier molecular flexibility index (Phi) is 4.54. The van der Waals surface area contributed by atoms with Crippen LogP contribution in [-0.4, -0.2) is 54.1 Å². The quantitative estimate of drug-likeness (QED) is 0.689. The number of pyridine rings is 1. The van der Waals surface area contributed by atoms with Crippen LogP contribution in [-0.2, 0) is 11.3 Å². The van der Waals surface area contributed by atoms with E-state index in [9.17, 15) is 4.79 Å². The highest BCUT2D eigenvalue weighted by molar-refractivity contribution is 6.15. The lowest BCUT2D eigenvalue weighted by Crippen LogP contribution is -2.35. The summed E-state index contributed by atoms with van der Waals surface area (Å²) in [5, 5.41) is 0.943. The van der Waals surface area contributed by atoms with Gasteiger partial charge in [-0.25, -0.2) is 4.98 Å². The number of methoxy groups -OCH3 is 1. The zero-order chi connectivity index (χ0) is 19.8. The van der Waals surface area contributed by atoms with E-state index in [2.05, 4.69) is 14.9 Å². The summed E-state index contributed by atoms with van der Waals surface area (Å²) in [7, 11) is 1.64. The van der Waals surface area contributed by atoms with Gasteiger partial charge in [0.15, 0.2) is 5.76 Å². The average Bonchev–Trinajstić information content (AvgIpc) is 3.31. The zero-order valence-corrected chi connectivity index (χ0v) is 16.1. The molecule has 1 saturated heterocycles. The van der Waals surface area contributed by atoms with Crippen LogP contribution in [0.25, 0.3) is 17.1 Å². The molecule has 3 aromatic rings. The van der Waals surface area contributed by atoms with Crippen molar-refractivity contribution >= 4 is 22.9 Å². The first-order chi connectivity index (χ1) is 14.2. The van der Waals surface area contributed by atoms with Crippen LogP contribution in [0, 0.1) is 0 Å². The van der Waals surface area contributed by atoms with Crippen LogP contribution >= 0.6 is 0 Å². The van der Waals surface area contributed by atoms with Crippen LogP contribution in [0.1, 0.15) is 21.5 Å². The molecule has 0 saturated carbocycles. The standard InChI is InChI=1S/C22H21N3O4/c1-27-18-5-4-16-20(26)19(11-14-12-24-22-15(14)3-2-6-23-22)29-21(16)17(18)13-25-7-9-28-10-8-25/h2-6,11-12H,7-10,13H2,1H3,(H,23,24). The van der Waals surface area contributed by atoms with E-state index in [0.717, 1.165) is 41.0 Å². The van der Waals surface area contributed by atoms with Crippen molar-refractivity contribution in [2.45, 2.75) is 6.54 Å². The summed E-state index contributed by atoms with van der Waals surface area (Å²) >= 11 is 0. The lowest BCUT2D eigenvalue weighted by atomic mass is 10.0. The second-order valence-corrected chi connectivity index (χ2v) is 7.09. The Hall–Kier alpha value is -3.16. The summed E-state index contributed by atoms with van der Waals surface area (Å²) in [6, 6.07) is 7.45. The number of fused-ring (bicyclic) bond motifs is 2. The molecule has 2 aromatic heterocycles. The molecule has 0 atom stereocenters. The number of rotatable bonds is 4. The minimum Gasteiger partial charge on any atom is -0.496 e. The van der Waals surface area contributed by atoms with Crippen LogP contribution in [0.3, 0.4) is 0 Å². The Morgan fingerprint density at radius 2 is 2.14 bits per heavy atom. The SMILES string of the molecule is COc1ccc2c(c1CN1CCOCC1)OC(=Cc1c[nH]c3ncccc13)C2=O. The van der Waals surface area contributed by atoms with E-state index < -0.39 is 0 Å². The van der Waals surface area contributed by atoms with Crippen molar-refractivity contribution < 1.29 is 19.0 Å². The molecule has 1 aromatic carbocycles. The maximum absolute atomic E-state index is 13.0. The molecule has 7 heteroatoms. The molecule has 0 amide bonds. The summed E-state index contributed by atoms with van der Waals surface area (Å²) < 4.78 is 17.1. The summed E-state index contributed by atoms with van der Waals surface area (Å²) in [4.78, 5) is 22.7. The molecule has 0 bridgehead atoms. The van der Waals surface area contributed by atoms with E-state index in [1.165, 1.54) is 0 Å². The van der Waals surface area contributed by atoms with Gasteiger partial charge in [-0.1, -0.05) is 0 Å². The van der Waals surface area contributed by atoms with Crippen molar-refractivity contribution in [3.05, 3.63) is 59.1 Å². The minimum atomic E-state index is -0.121. The Bertz CT molecular complexity index is 1110. The third kappa shape index (κ3) is 3.18. The van der Waals surface area contributed by atoms with Gasteiger partial charge in [-0.3, -0.25) is 9.69 Å². The molecule has 2 aliphatic heterocycles. The number of aromatic nitrogens is 2. The van der Waals surface area contributed by atoms with Crippen LogP contribution in [0.5, 0.6) is 11.5 Å². The number of benzene rings is 1. The molecule has 148 valence electrons. The first kappa shape index (κ1) is 17.9. The maximum Gasteiger partial charge on any atom is 0.231 e. The Balaban J connectivity index is 1.52. The van der Waals surface area contributed by atoms with E-state index in [-0.39, 0.29) is 5.78 Å². The number of aromatic amines is 1. The predicted octanol–water partition coefficient (Wildman–Crippen LogP) is 3.02. The number of morpholine rings is 1. The van der Waals surface area contributed by atoms with Gasteiger partial charge in [0.05, 0.1) is 31.5 Å². The lowest BCUT2D eigenvalue weighted by Gasteiger charge is -2.27. The van der Waals surface area contributed by atoms with E-state index in [1.807, 2.05) is 24.4 Å². The van der Waals surface area contributed by atoms with Gasteiger partial charge in [-0.15, -0.1) is 0 Å². The van der Waals surface area contributed by atoms with Gasteiger partial charge in [0.2, 0.25) is 5.78 Å². The third-order valence-electron chi connectivity index (χ3n) is 5.37. The molecule has 0 spiro atoms. The number of nitrogens with zero attached hydrogens (tertiary/aromatic N) is 2. The van der Waals surface area contributed by atoms with Gasteiger partial charge in [-0.2, -0.15) is 0 Å². The molecular formula is C22H21N3O4. The molecule has 0 aliphatic carbocycles. The predicted molar refractivity (Wildman–Crippen MR) is 108 cm³/mol. The number of hydrogen-bond donors (Lipinski definition) is 1. The van der Waals surface area contributed by atoms with E-state index in [1.54, 1.807) is 25.4 Å². The van der Waals surface area contributed by atoms with Gasteiger partial charge in [0.25, 0.3) is 0 Å². The fraction of sp³-hybridized carbons (Fsp3) is 0.273. The van der Waals surface area contributed by atoms with Crippen LogP contribution in [0.2, 0.25) is 0 Å². The van der Waals surface area contributed by atoms with Crippen LogP contribution in [0.4, 0.5) is 0 Å². The molecule has 1 N–H and O–H groups in total. The molecule has 4 heterocycles. The van der Waals surface area contributed by atoms with Gasteiger partial charge in [-0.05, 0) is 30.3 Å². The number of carbonyl (C=O) groups is 1. The summed E-state index contributed by atoms with van der Waals surface area (Å²) in [5.74, 6) is 1.50. The van der Waals surface area contributed by atoms with E-state index in [0.29, 0.717) is 36.8 Å². The topological polar surface area (TPSA) is 76.7 Å². The van der Waals surface area contributed by atoms with Gasteiger partial charge >= 0.3 is 0 Å². The highest BCUT2D eigenvalue weighted by Gasteiger charge is 2.32. The van der Waals surface area contributed by atoms with E-state index >= 15 is 0 Å². The second kappa shape index (κ2) is 7.35. The second-order valence-electron chi connectivity index (χ2n) is 7.09. The number of H-pyrrole nitrogens is 1. The largest absolute Gasteiger partial charge is 0.496 e. The minimum absolute atomic E-state index is 0.121. The lowest BCUT2D eigenvalue weighted by molar-refractivity contribution is 0.0336. The number of ketones is 1. The number of Topliss-reactive ketones (excluding diaryl/α,β-unsaturated/α-hetero) is 1. The van der Waals surface area contributed by atoms with Crippen molar-refractivity contribution in [1.29, 1.82) is 0 Å². The Labute approximate surface area is 167 Å². The van der Waals surface area contributed by atoms with Gasteiger partial charge in [0, 0.05) is 43.0 Å².